The Labute approximate surface area is 85.3 Å². The highest BCUT2D eigenvalue weighted by molar-refractivity contribution is 5.16. The van der Waals surface area contributed by atoms with Crippen molar-refractivity contribution in [2.24, 2.45) is 11.8 Å². The zero-order valence-corrected chi connectivity index (χ0v) is 8.82. The molecule has 0 atom stereocenters. The molecule has 0 radical (unpaired) electrons. The number of hydrogen-bond donors (Lipinski definition) is 1. The molecule has 2 N–H and O–H groups in total. The van der Waals surface area contributed by atoms with Crippen LogP contribution in [-0.2, 0) is 6.54 Å². The van der Waals surface area contributed by atoms with Gasteiger partial charge in [-0.3, -0.25) is 0 Å². The van der Waals surface area contributed by atoms with Gasteiger partial charge >= 0.3 is 0 Å². The van der Waals surface area contributed by atoms with Crippen LogP contribution in [0.1, 0.15) is 32.6 Å². The number of imidazole rings is 1. The van der Waals surface area contributed by atoms with Gasteiger partial charge in [0.05, 0.1) is 0 Å². The molecule has 1 aromatic rings. The van der Waals surface area contributed by atoms with Gasteiger partial charge in [0.25, 0.3) is 0 Å². The molecule has 3 heteroatoms. The van der Waals surface area contributed by atoms with Crippen LogP contribution in [0.4, 0.5) is 5.95 Å². The van der Waals surface area contributed by atoms with Gasteiger partial charge in [-0.05, 0) is 24.7 Å². The fraction of sp³-hybridized carbons (Fsp3) is 0.727. The fourth-order valence-electron chi connectivity index (χ4n) is 2.28. The van der Waals surface area contributed by atoms with Crippen molar-refractivity contribution in [2.45, 2.75) is 39.2 Å². The molecule has 3 nitrogen and oxygen atoms in total. The zero-order chi connectivity index (χ0) is 9.97. The highest BCUT2D eigenvalue weighted by atomic mass is 15.1. The average molecular weight is 193 g/mol. The van der Waals surface area contributed by atoms with Gasteiger partial charge in [-0.15, -0.1) is 0 Å². The molecule has 1 heterocycles. The van der Waals surface area contributed by atoms with Crippen molar-refractivity contribution < 1.29 is 0 Å². The van der Waals surface area contributed by atoms with Crippen LogP contribution in [-0.4, -0.2) is 9.55 Å². The Balaban J connectivity index is 1.89. The third-order valence-electron chi connectivity index (χ3n) is 3.34. The van der Waals surface area contributed by atoms with Crippen molar-refractivity contribution >= 4 is 5.95 Å². The van der Waals surface area contributed by atoms with Crippen molar-refractivity contribution in [3.63, 3.8) is 0 Å². The molecular formula is C11H19N3. The van der Waals surface area contributed by atoms with Crippen molar-refractivity contribution in [3.05, 3.63) is 12.4 Å². The maximum absolute atomic E-state index is 5.74. The highest BCUT2D eigenvalue weighted by Crippen LogP contribution is 2.29. The Morgan fingerprint density at radius 1 is 1.43 bits per heavy atom. The van der Waals surface area contributed by atoms with Crippen LogP contribution >= 0.6 is 0 Å². The molecule has 0 bridgehead atoms. The van der Waals surface area contributed by atoms with E-state index in [4.69, 9.17) is 5.73 Å². The van der Waals surface area contributed by atoms with Gasteiger partial charge in [-0.25, -0.2) is 4.98 Å². The molecule has 0 saturated heterocycles. The van der Waals surface area contributed by atoms with Crippen LogP contribution in [0.15, 0.2) is 12.4 Å². The third-order valence-corrected chi connectivity index (χ3v) is 3.34. The van der Waals surface area contributed by atoms with E-state index in [0.29, 0.717) is 5.95 Å². The summed E-state index contributed by atoms with van der Waals surface area (Å²) in [4.78, 5) is 4.04. The lowest BCUT2D eigenvalue weighted by molar-refractivity contribution is 0.265. The molecule has 2 rings (SSSR count). The average Bonchev–Trinajstić information content (AvgIpc) is 2.56. The number of rotatable bonds is 2. The monoisotopic (exact) mass is 193 g/mol. The number of nitrogen functional groups attached to an aromatic ring is 1. The molecule has 0 amide bonds. The van der Waals surface area contributed by atoms with E-state index in [0.717, 1.165) is 18.4 Å². The van der Waals surface area contributed by atoms with Crippen LogP contribution in [0.3, 0.4) is 0 Å². The lowest BCUT2D eigenvalue weighted by Gasteiger charge is -2.26. The van der Waals surface area contributed by atoms with E-state index < -0.39 is 0 Å². The molecule has 78 valence electrons. The number of nitrogens with zero attached hydrogens (tertiary/aromatic N) is 2. The van der Waals surface area contributed by atoms with Gasteiger partial charge < -0.3 is 10.3 Å². The summed E-state index contributed by atoms with van der Waals surface area (Å²) in [6.07, 6.45) is 9.20. The summed E-state index contributed by atoms with van der Waals surface area (Å²) in [7, 11) is 0. The summed E-state index contributed by atoms with van der Waals surface area (Å²) in [6.45, 7) is 3.40. The summed E-state index contributed by atoms with van der Waals surface area (Å²) < 4.78 is 2.07. The number of nitrogens with two attached hydrogens (primary N) is 1. The van der Waals surface area contributed by atoms with Crippen molar-refractivity contribution in [1.29, 1.82) is 0 Å². The second-order valence-corrected chi connectivity index (χ2v) is 4.56. The summed E-state index contributed by atoms with van der Waals surface area (Å²) in [5.74, 6) is 2.39. The van der Waals surface area contributed by atoms with Crippen molar-refractivity contribution in [3.8, 4) is 0 Å². The Morgan fingerprint density at radius 3 is 2.71 bits per heavy atom. The molecule has 1 saturated carbocycles. The van der Waals surface area contributed by atoms with Crippen LogP contribution in [0, 0.1) is 11.8 Å². The van der Waals surface area contributed by atoms with E-state index in [2.05, 4.69) is 16.5 Å². The standard InChI is InChI=1S/C11H19N3/c1-9-2-4-10(5-3-9)8-14-7-6-13-11(14)12/h6-7,9-10H,2-5,8H2,1H3,(H2,12,13). The second kappa shape index (κ2) is 4.03. The Morgan fingerprint density at radius 2 is 2.14 bits per heavy atom. The Kier molecular flexibility index (Phi) is 2.75. The van der Waals surface area contributed by atoms with E-state index in [-0.39, 0.29) is 0 Å². The first kappa shape index (κ1) is 9.56. The molecule has 1 fully saturated rings. The maximum Gasteiger partial charge on any atom is 0.200 e. The van der Waals surface area contributed by atoms with Gasteiger partial charge in [0, 0.05) is 18.9 Å². The fourth-order valence-corrected chi connectivity index (χ4v) is 2.28. The van der Waals surface area contributed by atoms with Gasteiger partial charge in [0.1, 0.15) is 0 Å². The minimum atomic E-state index is 0.656. The number of aromatic nitrogens is 2. The van der Waals surface area contributed by atoms with E-state index in [1.54, 1.807) is 6.20 Å². The van der Waals surface area contributed by atoms with Crippen LogP contribution < -0.4 is 5.73 Å². The van der Waals surface area contributed by atoms with Crippen molar-refractivity contribution in [1.82, 2.24) is 9.55 Å². The molecule has 0 aromatic carbocycles. The van der Waals surface area contributed by atoms with Crippen LogP contribution in [0.5, 0.6) is 0 Å². The quantitative estimate of drug-likeness (QED) is 0.783. The normalized spacial score (nSPS) is 27.8. The smallest absolute Gasteiger partial charge is 0.200 e. The topological polar surface area (TPSA) is 43.8 Å². The summed E-state index contributed by atoms with van der Waals surface area (Å²) in [5.41, 5.74) is 5.74. The first-order valence-electron chi connectivity index (χ1n) is 5.52. The SMILES string of the molecule is CC1CCC(Cn2ccnc2N)CC1. The van der Waals surface area contributed by atoms with Gasteiger partial charge in [-0.2, -0.15) is 0 Å². The van der Waals surface area contributed by atoms with Gasteiger partial charge in [-0.1, -0.05) is 19.8 Å². The minimum absolute atomic E-state index is 0.656. The van der Waals surface area contributed by atoms with E-state index in [9.17, 15) is 0 Å². The molecular weight excluding hydrogens is 174 g/mol. The molecule has 0 aliphatic heterocycles. The van der Waals surface area contributed by atoms with Gasteiger partial charge in [0.2, 0.25) is 0 Å². The first-order chi connectivity index (χ1) is 6.75. The van der Waals surface area contributed by atoms with Gasteiger partial charge in [0.15, 0.2) is 5.95 Å². The van der Waals surface area contributed by atoms with E-state index in [1.807, 2.05) is 6.20 Å². The van der Waals surface area contributed by atoms with Crippen molar-refractivity contribution in [2.75, 3.05) is 5.73 Å². The molecule has 14 heavy (non-hydrogen) atoms. The second-order valence-electron chi connectivity index (χ2n) is 4.56. The summed E-state index contributed by atoms with van der Waals surface area (Å²) in [6, 6.07) is 0. The maximum atomic E-state index is 5.74. The van der Waals surface area contributed by atoms with E-state index in [1.165, 1.54) is 25.7 Å². The summed E-state index contributed by atoms with van der Waals surface area (Å²) in [5, 5.41) is 0. The lowest BCUT2D eigenvalue weighted by atomic mass is 9.83. The molecule has 1 aromatic heterocycles. The predicted octanol–water partition coefficient (Wildman–Crippen LogP) is 2.29. The predicted molar refractivity (Wildman–Crippen MR) is 57.8 cm³/mol. The number of anilines is 1. The molecule has 1 aliphatic carbocycles. The molecule has 1 aliphatic rings. The third kappa shape index (κ3) is 2.08. The largest absolute Gasteiger partial charge is 0.369 e. The Bertz CT molecular complexity index is 284. The molecule has 0 spiro atoms. The first-order valence-corrected chi connectivity index (χ1v) is 5.52. The zero-order valence-electron chi connectivity index (χ0n) is 8.82. The van der Waals surface area contributed by atoms with Crippen LogP contribution in [0.25, 0.3) is 0 Å². The number of hydrogen-bond acceptors (Lipinski definition) is 2. The van der Waals surface area contributed by atoms with Crippen LogP contribution in [0.2, 0.25) is 0 Å². The highest BCUT2D eigenvalue weighted by Gasteiger charge is 2.18. The molecule has 0 unspecified atom stereocenters. The van der Waals surface area contributed by atoms with E-state index >= 15 is 0 Å². The summed E-state index contributed by atoms with van der Waals surface area (Å²) >= 11 is 0. The lowest BCUT2D eigenvalue weighted by Crippen LogP contribution is -2.18. The Hall–Kier alpha value is -0.990. The minimum Gasteiger partial charge on any atom is -0.369 e.